The van der Waals surface area contributed by atoms with Gasteiger partial charge in [0.15, 0.2) is 0 Å². The molecule has 0 spiro atoms. The minimum absolute atomic E-state index is 0.118. The van der Waals surface area contributed by atoms with Crippen LogP contribution in [0.5, 0.6) is 0 Å². The lowest BCUT2D eigenvalue weighted by Gasteiger charge is -2.41. The molecule has 1 aliphatic rings. The number of halogens is 3. The molecule has 0 atom stereocenters. The van der Waals surface area contributed by atoms with E-state index in [1.165, 1.54) is 12.1 Å². The molecule has 5 nitrogen and oxygen atoms in total. The normalized spacial score (nSPS) is 17.5. The van der Waals surface area contributed by atoms with E-state index in [0.29, 0.717) is 16.9 Å². The molecule has 1 aromatic heterocycles. The molecule has 9 heteroatoms. The number of fused-ring (bicyclic) bond motifs is 1. The lowest BCUT2D eigenvalue weighted by atomic mass is 9.86. The quantitative estimate of drug-likeness (QED) is 0.746. The van der Waals surface area contributed by atoms with Crippen LogP contribution in [0.15, 0.2) is 24.3 Å². The molecule has 0 bridgehead atoms. The highest BCUT2D eigenvalue weighted by atomic mass is 32.1. The van der Waals surface area contributed by atoms with Gasteiger partial charge in [0.25, 0.3) is 11.8 Å². The minimum atomic E-state index is -4.69. The van der Waals surface area contributed by atoms with Gasteiger partial charge >= 0.3 is 6.18 Å². The first kappa shape index (κ1) is 21.3. The lowest BCUT2D eigenvalue weighted by Crippen LogP contribution is -2.42. The number of amides is 2. The van der Waals surface area contributed by atoms with Crippen LogP contribution in [0.4, 0.5) is 18.2 Å². The molecule has 0 unspecified atom stereocenters. The largest absolute Gasteiger partial charge is 0.417 e. The van der Waals surface area contributed by atoms with Gasteiger partial charge in [0.05, 0.1) is 27.9 Å². The van der Waals surface area contributed by atoms with Gasteiger partial charge in [-0.1, -0.05) is 12.1 Å². The number of rotatable bonds is 3. The van der Waals surface area contributed by atoms with Crippen LogP contribution in [-0.4, -0.2) is 17.4 Å². The van der Waals surface area contributed by atoms with E-state index in [0.717, 1.165) is 23.5 Å². The minimum Gasteiger partial charge on any atom is -0.365 e. The summed E-state index contributed by atoms with van der Waals surface area (Å²) < 4.78 is 45.9. The number of primary amides is 1. The van der Waals surface area contributed by atoms with Gasteiger partial charge < -0.3 is 15.8 Å². The number of nitrogens with two attached hydrogens (primary N) is 1. The number of nitrogens with one attached hydrogen (secondary N) is 1. The average molecular weight is 426 g/mol. The number of carbonyl (C=O) groups excluding carboxylic acids is 2. The summed E-state index contributed by atoms with van der Waals surface area (Å²) in [6.45, 7) is 7.41. The van der Waals surface area contributed by atoms with E-state index in [9.17, 15) is 22.8 Å². The molecule has 3 rings (SSSR count). The molecule has 2 heterocycles. The molecule has 0 saturated heterocycles. The first-order valence-electron chi connectivity index (χ1n) is 8.86. The van der Waals surface area contributed by atoms with E-state index in [2.05, 4.69) is 5.32 Å². The smallest absolute Gasteiger partial charge is 0.365 e. The van der Waals surface area contributed by atoms with Crippen molar-refractivity contribution in [1.29, 1.82) is 0 Å². The van der Waals surface area contributed by atoms with Crippen molar-refractivity contribution in [3.8, 4) is 0 Å². The Labute approximate surface area is 170 Å². The average Bonchev–Trinajstić information content (AvgIpc) is 2.91. The van der Waals surface area contributed by atoms with Gasteiger partial charge in [-0.2, -0.15) is 13.2 Å². The van der Waals surface area contributed by atoms with Crippen molar-refractivity contribution < 1.29 is 27.5 Å². The maximum Gasteiger partial charge on any atom is 0.417 e. The summed E-state index contributed by atoms with van der Waals surface area (Å²) in [6.07, 6.45) is -4.30. The lowest BCUT2D eigenvalue weighted by molar-refractivity contribution is -0.138. The van der Waals surface area contributed by atoms with E-state index in [-0.39, 0.29) is 10.6 Å². The summed E-state index contributed by atoms with van der Waals surface area (Å²) in [5.41, 5.74) is 3.43. The van der Waals surface area contributed by atoms with Gasteiger partial charge in [-0.05, 0) is 45.4 Å². The first-order valence-corrected chi connectivity index (χ1v) is 9.68. The Kier molecular flexibility index (Phi) is 5.03. The second-order valence-corrected chi connectivity index (χ2v) is 9.05. The third-order valence-corrected chi connectivity index (χ3v) is 6.09. The molecule has 2 aromatic rings. The number of benzene rings is 1. The summed E-state index contributed by atoms with van der Waals surface area (Å²) in [5.74, 6) is -1.72. The molecule has 156 valence electrons. The Hall–Kier alpha value is -2.39. The monoisotopic (exact) mass is 426 g/mol. The Morgan fingerprint density at radius 3 is 2.38 bits per heavy atom. The molecular formula is C20H21F3N2O3S. The van der Waals surface area contributed by atoms with Gasteiger partial charge in [0.2, 0.25) is 0 Å². The van der Waals surface area contributed by atoms with E-state index >= 15 is 0 Å². The zero-order valence-electron chi connectivity index (χ0n) is 16.4. The van der Waals surface area contributed by atoms with E-state index in [1.807, 2.05) is 27.7 Å². The summed E-state index contributed by atoms with van der Waals surface area (Å²) in [6, 6.07) is 4.48. The van der Waals surface area contributed by atoms with Gasteiger partial charge in [-0.15, -0.1) is 11.3 Å². The van der Waals surface area contributed by atoms with Crippen LogP contribution in [0.25, 0.3) is 0 Å². The Morgan fingerprint density at radius 2 is 1.79 bits per heavy atom. The maximum atomic E-state index is 13.3. The highest BCUT2D eigenvalue weighted by molar-refractivity contribution is 7.17. The topological polar surface area (TPSA) is 81.4 Å². The number of hydrogen-bond acceptors (Lipinski definition) is 4. The molecule has 0 fully saturated rings. The van der Waals surface area contributed by atoms with Gasteiger partial charge in [-0.25, -0.2) is 0 Å². The van der Waals surface area contributed by atoms with Crippen LogP contribution in [0, 0.1) is 0 Å². The second kappa shape index (κ2) is 6.84. The van der Waals surface area contributed by atoms with Crippen LogP contribution in [0.3, 0.4) is 0 Å². The van der Waals surface area contributed by atoms with Gasteiger partial charge in [0, 0.05) is 11.3 Å². The van der Waals surface area contributed by atoms with Crippen LogP contribution >= 0.6 is 11.3 Å². The van der Waals surface area contributed by atoms with E-state index in [4.69, 9.17) is 10.5 Å². The standard InChI is InChI=1S/C20H21F3N2O3S/c1-18(2)9-11-13(15(24)26)17(29-14(11)19(3,4)28-18)25-16(27)10-7-5-6-8-12(10)20(21,22)23/h5-8H,9H2,1-4H3,(H2,24,26)(H,25,27). The molecule has 0 saturated carbocycles. The number of anilines is 1. The summed E-state index contributed by atoms with van der Waals surface area (Å²) >= 11 is 1.10. The Bertz CT molecular complexity index is 993. The van der Waals surface area contributed by atoms with Crippen molar-refractivity contribution in [3.63, 3.8) is 0 Å². The summed E-state index contributed by atoms with van der Waals surface area (Å²) in [7, 11) is 0. The first-order chi connectivity index (χ1) is 13.2. The van der Waals surface area contributed by atoms with Crippen molar-refractivity contribution in [1.82, 2.24) is 0 Å². The second-order valence-electron chi connectivity index (χ2n) is 8.02. The van der Waals surface area contributed by atoms with Crippen molar-refractivity contribution in [2.75, 3.05) is 5.32 Å². The molecule has 2 amide bonds. The molecular weight excluding hydrogens is 405 g/mol. The van der Waals surface area contributed by atoms with Crippen molar-refractivity contribution in [2.45, 2.75) is 51.5 Å². The maximum absolute atomic E-state index is 13.3. The fourth-order valence-corrected chi connectivity index (χ4v) is 5.03. The van der Waals surface area contributed by atoms with Crippen LogP contribution in [0.2, 0.25) is 0 Å². The molecule has 1 aromatic carbocycles. The molecule has 0 radical (unpaired) electrons. The SMILES string of the molecule is CC1(C)Cc2c(sc(NC(=O)c3ccccc3C(F)(F)F)c2C(N)=O)C(C)(C)O1. The third-order valence-electron chi connectivity index (χ3n) is 4.64. The predicted molar refractivity (Wildman–Crippen MR) is 104 cm³/mol. The fourth-order valence-electron chi connectivity index (χ4n) is 3.77. The zero-order valence-corrected chi connectivity index (χ0v) is 17.2. The number of carbonyl (C=O) groups is 2. The number of ether oxygens (including phenoxy) is 1. The van der Waals surface area contributed by atoms with Crippen LogP contribution in [0.1, 0.15) is 64.4 Å². The number of alkyl halides is 3. The van der Waals surface area contributed by atoms with E-state index in [1.54, 1.807) is 0 Å². The highest BCUT2D eigenvalue weighted by Gasteiger charge is 2.43. The zero-order chi connectivity index (χ0) is 21.8. The summed E-state index contributed by atoms with van der Waals surface area (Å²) in [5, 5.41) is 2.59. The molecule has 0 aliphatic carbocycles. The Morgan fingerprint density at radius 1 is 1.17 bits per heavy atom. The van der Waals surface area contributed by atoms with Crippen LogP contribution < -0.4 is 11.1 Å². The van der Waals surface area contributed by atoms with Gasteiger partial charge in [-0.3, -0.25) is 9.59 Å². The Balaban J connectivity index is 2.07. The highest BCUT2D eigenvalue weighted by Crippen LogP contribution is 2.48. The molecule has 3 N–H and O–H groups in total. The van der Waals surface area contributed by atoms with Crippen molar-refractivity contribution in [3.05, 3.63) is 51.4 Å². The van der Waals surface area contributed by atoms with Crippen LogP contribution in [-0.2, 0) is 22.9 Å². The van der Waals surface area contributed by atoms with Crippen molar-refractivity contribution >= 4 is 28.2 Å². The predicted octanol–water partition coefficient (Wildman–Crippen LogP) is 4.70. The van der Waals surface area contributed by atoms with Gasteiger partial charge in [0.1, 0.15) is 5.00 Å². The fraction of sp³-hybridized carbons (Fsp3) is 0.400. The summed E-state index contributed by atoms with van der Waals surface area (Å²) in [4.78, 5) is 25.6. The molecule has 1 aliphatic heterocycles. The van der Waals surface area contributed by atoms with Crippen molar-refractivity contribution in [2.24, 2.45) is 5.73 Å². The van der Waals surface area contributed by atoms with E-state index < -0.39 is 40.3 Å². The molecule has 29 heavy (non-hydrogen) atoms. The number of hydrogen-bond donors (Lipinski definition) is 2. The number of thiophene rings is 1. The third kappa shape index (κ3) is 4.02.